The number of amides is 2. The van der Waals surface area contributed by atoms with E-state index in [1.807, 2.05) is 6.92 Å². The van der Waals surface area contributed by atoms with E-state index in [1.54, 1.807) is 31.4 Å². The molecular formula is C12H13N3O3. The summed E-state index contributed by atoms with van der Waals surface area (Å²) in [4.78, 5) is 22.6. The molecule has 0 bridgehead atoms. The molecule has 1 aromatic rings. The van der Waals surface area contributed by atoms with Gasteiger partial charge in [-0.05, 0) is 30.7 Å². The summed E-state index contributed by atoms with van der Waals surface area (Å²) in [6.07, 6.45) is 0. The molecular weight excluding hydrogens is 234 g/mol. The van der Waals surface area contributed by atoms with Crippen molar-refractivity contribution in [1.29, 1.82) is 5.26 Å². The fourth-order valence-corrected chi connectivity index (χ4v) is 1.34. The second-order valence-electron chi connectivity index (χ2n) is 3.48. The first-order chi connectivity index (χ1) is 8.58. The number of nitrogens with one attached hydrogen (secondary N) is 2. The molecule has 0 aliphatic rings. The van der Waals surface area contributed by atoms with Crippen LogP contribution in [0.25, 0.3) is 0 Å². The SMILES string of the molecule is COc1ccc(NC(=O)C(=O)NCC#N)cc1C. The van der Waals surface area contributed by atoms with Gasteiger partial charge >= 0.3 is 11.8 Å². The minimum atomic E-state index is -0.843. The van der Waals surface area contributed by atoms with Crippen LogP contribution >= 0.6 is 0 Å². The van der Waals surface area contributed by atoms with E-state index in [9.17, 15) is 9.59 Å². The van der Waals surface area contributed by atoms with E-state index in [0.29, 0.717) is 11.4 Å². The van der Waals surface area contributed by atoms with Crippen LogP contribution in [-0.2, 0) is 9.59 Å². The third-order valence-corrected chi connectivity index (χ3v) is 2.19. The number of carbonyl (C=O) groups is 2. The summed E-state index contributed by atoms with van der Waals surface area (Å²) in [5.41, 5.74) is 1.33. The predicted molar refractivity (Wildman–Crippen MR) is 65.0 cm³/mol. The average molecular weight is 247 g/mol. The van der Waals surface area contributed by atoms with Crippen molar-refractivity contribution in [2.75, 3.05) is 19.0 Å². The van der Waals surface area contributed by atoms with Crippen molar-refractivity contribution in [2.45, 2.75) is 6.92 Å². The maximum atomic E-state index is 11.4. The number of benzene rings is 1. The molecule has 0 saturated carbocycles. The predicted octanol–water partition coefficient (Wildman–Crippen LogP) is 0.582. The van der Waals surface area contributed by atoms with Crippen LogP contribution < -0.4 is 15.4 Å². The van der Waals surface area contributed by atoms with Gasteiger partial charge in [-0.1, -0.05) is 0 Å². The summed E-state index contributed by atoms with van der Waals surface area (Å²) in [5.74, 6) is -0.957. The normalized spacial score (nSPS) is 9.17. The number of hydrogen-bond acceptors (Lipinski definition) is 4. The molecule has 0 atom stereocenters. The highest BCUT2D eigenvalue weighted by atomic mass is 16.5. The zero-order valence-electron chi connectivity index (χ0n) is 10.1. The molecule has 2 amide bonds. The quantitative estimate of drug-likeness (QED) is 0.603. The zero-order chi connectivity index (χ0) is 13.5. The Morgan fingerprint density at radius 2 is 2.11 bits per heavy atom. The second kappa shape index (κ2) is 6.25. The lowest BCUT2D eigenvalue weighted by Gasteiger charge is -2.08. The molecule has 1 rings (SSSR count). The number of carbonyl (C=O) groups excluding carboxylic acids is 2. The van der Waals surface area contributed by atoms with Crippen LogP contribution in [0.4, 0.5) is 5.69 Å². The molecule has 0 saturated heterocycles. The topological polar surface area (TPSA) is 91.2 Å². The molecule has 18 heavy (non-hydrogen) atoms. The molecule has 6 nitrogen and oxygen atoms in total. The lowest BCUT2D eigenvalue weighted by atomic mass is 10.2. The number of anilines is 1. The third kappa shape index (κ3) is 3.49. The monoisotopic (exact) mass is 247 g/mol. The van der Waals surface area contributed by atoms with E-state index in [2.05, 4.69) is 10.6 Å². The number of hydrogen-bond donors (Lipinski definition) is 2. The van der Waals surface area contributed by atoms with Crippen molar-refractivity contribution < 1.29 is 14.3 Å². The average Bonchev–Trinajstić information content (AvgIpc) is 2.36. The van der Waals surface area contributed by atoms with Crippen LogP contribution in [0, 0.1) is 18.3 Å². The van der Waals surface area contributed by atoms with Gasteiger partial charge in [0, 0.05) is 5.69 Å². The molecule has 0 radical (unpaired) electrons. The number of ether oxygens (including phenoxy) is 1. The first-order valence-corrected chi connectivity index (χ1v) is 5.19. The smallest absolute Gasteiger partial charge is 0.313 e. The van der Waals surface area contributed by atoms with Crippen molar-refractivity contribution in [3.63, 3.8) is 0 Å². The van der Waals surface area contributed by atoms with Gasteiger partial charge in [-0.25, -0.2) is 0 Å². The van der Waals surface area contributed by atoms with E-state index < -0.39 is 11.8 Å². The molecule has 2 N–H and O–H groups in total. The van der Waals surface area contributed by atoms with E-state index in [0.717, 1.165) is 5.56 Å². The molecule has 1 aromatic carbocycles. The van der Waals surface area contributed by atoms with Crippen LogP contribution in [0.15, 0.2) is 18.2 Å². The van der Waals surface area contributed by atoms with Crippen LogP contribution in [0.3, 0.4) is 0 Å². The van der Waals surface area contributed by atoms with Crippen molar-refractivity contribution in [3.05, 3.63) is 23.8 Å². The van der Waals surface area contributed by atoms with E-state index in [-0.39, 0.29) is 6.54 Å². The Morgan fingerprint density at radius 1 is 1.39 bits per heavy atom. The molecule has 0 heterocycles. The molecule has 6 heteroatoms. The maximum absolute atomic E-state index is 11.4. The Morgan fingerprint density at radius 3 is 2.67 bits per heavy atom. The second-order valence-corrected chi connectivity index (χ2v) is 3.48. The first kappa shape index (κ1) is 13.5. The van der Waals surface area contributed by atoms with E-state index in [4.69, 9.17) is 10.00 Å². The highest BCUT2D eigenvalue weighted by molar-refractivity contribution is 6.39. The Labute approximate surface area is 105 Å². The first-order valence-electron chi connectivity index (χ1n) is 5.19. The largest absolute Gasteiger partial charge is 0.496 e. The number of methoxy groups -OCH3 is 1. The van der Waals surface area contributed by atoms with Crippen molar-refractivity contribution >= 4 is 17.5 Å². The Balaban J connectivity index is 2.68. The molecule has 0 fully saturated rings. The minimum absolute atomic E-state index is 0.201. The van der Waals surface area contributed by atoms with Gasteiger partial charge in [-0.2, -0.15) is 5.26 Å². The Hall–Kier alpha value is -2.55. The third-order valence-electron chi connectivity index (χ3n) is 2.19. The zero-order valence-corrected chi connectivity index (χ0v) is 10.1. The van der Waals surface area contributed by atoms with Gasteiger partial charge in [0.2, 0.25) is 0 Å². The molecule has 0 aliphatic heterocycles. The van der Waals surface area contributed by atoms with Crippen LogP contribution in [0.1, 0.15) is 5.56 Å². The van der Waals surface area contributed by atoms with Gasteiger partial charge in [-0.15, -0.1) is 0 Å². The highest BCUT2D eigenvalue weighted by Crippen LogP contribution is 2.21. The van der Waals surface area contributed by atoms with Crippen LogP contribution in [0.2, 0.25) is 0 Å². The summed E-state index contributed by atoms with van der Waals surface area (Å²) in [6, 6.07) is 6.72. The van der Waals surface area contributed by atoms with Gasteiger partial charge < -0.3 is 15.4 Å². The summed E-state index contributed by atoms with van der Waals surface area (Å²) in [6.45, 7) is 1.62. The Bertz CT molecular complexity index is 506. The van der Waals surface area contributed by atoms with Gasteiger partial charge in [0.15, 0.2) is 0 Å². The molecule has 0 unspecified atom stereocenters. The van der Waals surface area contributed by atoms with Gasteiger partial charge in [-0.3, -0.25) is 9.59 Å². The van der Waals surface area contributed by atoms with Gasteiger partial charge in [0.1, 0.15) is 12.3 Å². The summed E-state index contributed by atoms with van der Waals surface area (Å²) in [5, 5.41) is 12.8. The van der Waals surface area contributed by atoms with Crippen molar-refractivity contribution in [3.8, 4) is 11.8 Å². The van der Waals surface area contributed by atoms with Crippen LogP contribution in [0.5, 0.6) is 5.75 Å². The minimum Gasteiger partial charge on any atom is -0.496 e. The highest BCUT2D eigenvalue weighted by Gasteiger charge is 2.13. The molecule has 0 spiro atoms. The van der Waals surface area contributed by atoms with Gasteiger partial charge in [0.05, 0.1) is 13.2 Å². The van der Waals surface area contributed by atoms with Gasteiger partial charge in [0.25, 0.3) is 0 Å². The number of nitriles is 1. The Kier molecular flexibility index (Phi) is 4.69. The standard InChI is InChI=1S/C12H13N3O3/c1-8-7-9(3-4-10(8)18-2)15-12(17)11(16)14-6-5-13/h3-4,7H,6H2,1-2H3,(H,14,16)(H,15,17). The van der Waals surface area contributed by atoms with E-state index >= 15 is 0 Å². The van der Waals surface area contributed by atoms with Crippen LogP contribution in [-0.4, -0.2) is 25.5 Å². The number of rotatable bonds is 3. The fourth-order valence-electron chi connectivity index (χ4n) is 1.34. The fraction of sp³-hybridized carbons (Fsp3) is 0.250. The molecule has 94 valence electrons. The molecule has 0 aromatic heterocycles. The van der Waals surface area contributed by atoms with Crippen molar-refractivity contribution in [2.24, 2.45) is 0 Å². The molecule has 0 aliphatic carbocycles. The summed E-state index contributed by atoms with van der Waals surface area (Å²) >= 11 is 0. The van der Waals surface area contributed by atoms with Crippen molar-refractivity contribution in [1.82, 2.24) is 5.32 Å². The lowest BCUT2D eigenvalue weighted by molar-refractivity contribution is -0.136. The maximum Gasteiger partial charge on any atom is 0.313 e. The number of aryl methyl sites for hydroxylation is 1. The van der Waals surface area contributed by atoms with E-state index in [1.165, 1.54) is 0 Å². The lowest BCUT2D eigenvalue weighted by Crippen LogP contribution is -2.35. The summed E-state index contributed by atoms with van der Waals surface area (Å²) < 4.78 is 5.08. The summed E-state index contributed by atoms with van der Waals surface area (Å²) in [7, 11) is 1.55. The number of nitrogens with zero attached hydrogens (tertiary/aromatic N) is 1.